The molecule has 6 heteroatoms. The van der Waals surface area contributed by atoms with Crippen molar-refractivity contribution in [2.75, 3.05) is 0 Å². The highest BCUT2D eigenvalue weighted by atomic mass is 35.5. The van der Waals surface area contributed by atoms with Crippen LogP contribution in [-0.2, 0) is 11.2 Å². The Morgan fingerprint density at radius 1 is 1.17 bits per heavy atom. The van der Waals surface area contributed by atoms with E-state index < -0.39 is 11.8 Å². The highest BCUT2D eigenvalue weighted by Gasteiger charge is 2.15. The molecular weight excluding hydrogens is 352 g/mol. The van der Waals surface area contributed by atoms with E-state index in [1.807, 2.05) is 12.1 Å². The first-order chi connectivity index (χ1) is 11.5. The zero-order chi connectivity index (χ0) is 17.3. The van der Waals surface area contributed by atoms with Crippen molar-refractivity contribution in [2.45, 2.75) is 19.3 Å². The average molecular weight is 366 g/mol. The summed E-state index contributed by atoms with van der Waals surface area (Å²) in [5.41, 5.74) is 3.22. The lowest BCUT2D eigenvalue weighted by Gasteiger charge is -2.06. The van der Waals surface area contributed by atoms with Gasteiger partial charge in [0.2, 0.25) is 0 Å². The van der Waals surface area contributed by atoms with Crippen LogP contribution in [-0.4, -0.2) is 16.1 Å². The van der Waals surface area contributed by atoms with Crippen molar-refractivity contribution in [1.82, 2.24) is 4.98 Å². The van der Waals surface area contributed by atoms with Gasteiger partial charge in [-0.2, -0.15) is 0 Å². The number of aromatic amines is 1. The van der Waals surface area contributed by atoms with Crippen molar-refractivity contribution in [3.63, 3.8) is 0 Å². The lowest BCUT2D eigenvalue weighted by atomic mass is 10.0. The van der Waals surface area contributed by atoms with Crippen LogP contribution in [0.2, 0.25) is 10.0 Å². The summed E-state index contributed by atoms with van der Waals surface area (Å²) in [4.78, 5) is 14.1. The second kappa shape index (κ2) is 6.83. The lowest BCUT2D eigenvalue weighted by molar-refractivity contribution is -0.137. The molecule has 3 rings (SSSR count). The Hall–Kier alpha value is -2.04. The molecule has 0 unspecified atom stereocenters. The maximum absolute atomic E-state index is 13.8. The van der Waals surface area contributed by atoms with Crippen molar-refractivity contribution in [1.29, 1.82) is 0 Å². The fourth-order valence-electron chi connectivity index (χ4n) is 2.79. The molecule has 3 aromatic rings. The van der Waals surface area contributed by atoms with E-state index in [4.69, 9.17) is 28.3 Å². The Balaban J connectivity index is 2.11. The zero-order valence-corrected chi connectivity index (χ0v) is 14.1. The Morgan fingerprint density at radius 3 is 2.67 bits per heavy atom. The molecule has 0 saturated carbocycles. The molecule has 124 valence electrons. The van der Waals surface area contributed by atoms with E-state index >= 15 is 0 Å². The van der Waals surface area contributed by atoms with E-state index in [1.54, 1.807) is 12.1 Å². The van der Waals surface area contributed by atoms with Crippen LogP contribution in [0.5, 0.6) is 0 Å². The molecule has 0 fully saturated rings. The van der Waals surface area contributed by atoms with E-state index in [9.17, 15) is 9.18 Å². The van der Waals surface area contributed by atoms with Crippen molar-refractivity contribution >= 4 is 40.1 Å². The number of aryl methyl sites for hydroxylation is 1. The number of aliphatic carboxylic acids is 1. The number of benzene rings is 2. The summed E-state index contributed by atoms with van der Waals surface area (Å²) in [5.74, 6) is -1.34. The number of rotatable bonds is 5. The first kappa shape index (κ1) is 16.8. The minimum absolute atomic E-state index is 0.0605. The third-order valence-electron chi connectivity index (χ3n) is 3.89. The Labute approximate surface area is 148 Å². The number of fused-ring (bicyclic) bond motifs is 1. The number of carboxylic acid groups (broad SMARTS) is 1. The minimum atomic E-state index is -0.841. The van der Waals surface area contributed by atoms with E-state index in [0.29, 0.717) is 23.4 Å². The number of nitrogens with one attached hydrogen (secondary N) is 1. The molecule has 0 aliphatic rings. The summed E-state index contributed by atoms with van der Waals surface area (Å²) in [7, 11) is 0. The summed E-state index contributed by atoms with van der Waals surface area (Å²) >= 11 is 11.8. The maximum atomic E-state index is 13.8. The molecule has 2 N–H and O–H groups in total. The number of hydrogen-bond acceptors (Lipinski definition) is 1. The van der Waals surface area contributed by atoms with Gasteiger partial charge in [0.15, 0.2) is 0 Å². The standard InChI is InChI=1S/C18H14Cl2FNO2/c19-11-5-7-16-13(9-11)12(2-1-3-17(23)24)18(22-16)10-4-6-14(20)15(21)8-10/h4-9,22H,1-3H2,(H,23,24). The van der Waals surface area contributed by atoms with Crippen molar-refractivity contribution in [3.05, 3.63) is 57.8 Å². The molecule has 0 bridgehead atoms. The molecule has 2 aromatic carbocycles. The third-order valence-corrected chi connectivity index (χ3v) is 4.44. The summed E-state index contributed by atoms with van der Waals surface area (Å²) in [5, 5.41) is 10.4. The summed E-state index contributed by atoms with van der Waals surface area (Å²) in [6, 6.07) is 10.1. The van der Waals surface area contributed by atoms with Crippen LogP contribution >= 0.6 is 23.2 Å². The largest absolute Gasteiger partial charge is 0.481 e. The maximum Gasteiger partial charge on any atom is 0.303 e. The van der Waals surface area contributed by atoms with Crippen LogP contribution in [0.4, 0.5) is 4.39 Å². The molecule has 0 spiro atoms. The van der Waals surface area contributed by atoms with Gasteiger partial charge in [-0.25, -0.2) is 4.39 Å². The SMILES string of the molecule is O=C(O)CCCc1c(-c2ccc(Cl)c(F)c2)[nH]c2ccc(Cl)cc12. The zero-order valence-electron chi connectivity index (χ0n) is 12.6. The van der Waals surface area contributed by atoms with Gasteiger partial charge < -0.3 is 10.1 Å². The topological polar surface area (TPSA) is 53.1 Å². The van der Waals surface area contributed by atoms with Crippen LogP contribution in [0.1, 0.15) is 18.4 Å². The second-order valence-corrected chi connectivity index (χ2v) is 6.39. The third kappa shape index (κ3) is 3.40. The monoisotopic (exact) mass is 365 g/mol. The summed E-state index contributed by atoms with van der Waals surface area (Å²) < 4.78 is 13.8. The number of aromatic nitrogens is 1. The molecule has 0 aliphatic heterocycles. The van der Waals surface area contributed by atoms with Gasteiger partial charge in [-0.1, -0.05) is 29.3 Å². The highest BCUT2D eigenvalue weighted by molar-refractivity contribution is 6.31. The van der Waals surface area contributed by atoms with Gasteiger partial charge in [-0.05, 0) is 48.7 Å². The van der Waals surface area contributed by atoms with Crippen LogP contribution < -0.4 is 0 Å². The van der Waals surface area contributed by atoms with Gasteiger partial charge in [-0.15, -0.1) is 0 Å². The first-order valence-electron chi connectivity index (χ1n) is 7.43. The van der Waals surface area contributed by atoms with Crippen LogP contribution in [0.15, 0.2) is 36.4 Å². The molecule has 0 aliphatic carbocycles. The summed E-state index contributed by atoms with van der Waals surface area (Å²) in [6.45, 7) is 0. The average Bonchev–Trinajstić information content (AvgIpc) is 2.88. The predicted octanol–water partition coefficient (Wildman–Crippen LogP) is 5.69. The molecule has 1 heterocycles. The number of hydrogen-bond donors (Lipinski definition) is 2. The fraction of sp³-hybridized carbons (Fsp3) is 0.167. The number of carboxylic acids is 1. The van der Waals surface area contributed by atoms with E-state index in [0.717, 1.165) is 22.2 Å². The van der Waals surface area contributed by atoms with Gasteiger partial charge in [0.25, 0.3) is 0 Å². The molecule has 1 aromatic heterocycles. The predicted molar refractivity (Wildman–Crippen MR) is 94.3 cm³/mol. The molecule has 24 heavy (non-hydrogen) atoms. The van der Waals surface area contributed by atoms with Gasteiger partial charge in [-0.3, -0.25) is 4.79 Å². The number of carbonyl (C=O) groups is 1. The molecule has 0 amide bonds. The van der Waals surface area contributed by atoms with Crippen molar-refractivity contribution in [2.24, 2.45) is 0 Å². The normalized spacial score (nSPS) is 11.1. The quantitative estimate of drug-likeness (QED) is 0.610. The number of H-pyrrole nitrogens is 1. The van der Waals surface area contributed by atoms with Gasteiger partial charge in [0, 0.05) is 33.6 Å². The van der Waals surface area contributed by atoms with E-state index in [1.165, 1.54) is 12.1 Å². The molecular formula is C18H14Cl2FNO2. The Morgan fingerprint density at radius 2 is 1.96 bits per heavy atom. The Bertz CT molecular complexity index is 921. The Kier molecular flexibility index (Phi) is 4.78. The minimum Gasteiger partial charge on any atom is -0.481 e. The smallest absolute Gasteiger partial charge is 0.303 e. The van der Waals surface area contributed by atoms with E-state index in [-0.39, 0.29) is 11.4 Å². The van der Waals surface area contributed by atoms with E-state index in [2.05, 4.69) is 4.98 Å². The lowest BCUT2D eigenvalue weighted by Crippen LogP contribution is -1.96. The fourth-order valence-corrected chi connectivity index (χ4v) is 3.08. The van der Waals surface area contributed by atoms with Crippen molar-refractivity contribution < 1.29 is 14.3 Å². The highest BCUT2D eigenvalue weighted by Crippen LogP contribution is 2.34. The van der Waals surface area contributed by atoms with Gasteiger partial charge in [0.05, 0.1) is 5.02 Å². The second-order valence-electron chi connectivity index (χ2n) is 5.54. The molecule has 3 nitrogen and oxygen atoms in total. The molecule has 0 saturated heterocycles. The van der Waals surface area contributed by atoms with Gasteiger partial charge >= 0.3 is 5.97 Å². The van der Waals surface area contributed by atoms with Crippen LogP contribution in [0.3, 0.4) is 0 Å². The molecule has 0 radical (unpaired) electrons. The van der Waals surface area contributed by atoms with Crippen LogP contribution in [0, 0.1) is 5.82 Å². The first-order valence-corrected chi connectivity index (χ1v) is 8.18. The summed E-state index contributed by atoms with van der Waals surface area (Å²) in [6.07, 6.45) is 1.10. The van der Waals surface area contributed by atoms with Gasteiger partial charge in [0.1, 0.15) is 5.82 Å². The number of halogens is 3. The molecule has 0 atom stereocenters. The van der Waals surface area contributed by atoms with Crippen molar-refractivity contribution in [3.8, 4) is 11.3 Å². The van der Waals surface area contributed by atoms with Crippen LogP contribution in [0.25, 0.3) is 22.2 Å².